The van der Waals surface area contributed by atoms with Crippen LogP contribution in [0.5, 0.6) is 5.75 Å². The lowest BCUT2D eigenvalue weighted by Gasteiger charge is -2.31. The van der Waals surface area contributed by atoms with Gasteiger partial charge >= 0.3 is 0 Å². The minimum atomic E-state index is 0.797. The highest BCUT2D eigenvalue weighted by Gasteiger charge is 2.18. The van der Waals surface area contributed by atoms with Gasteiger partial charge < -0.3 is 10.1 Å². The first-order valence-corrected chi connectivity index (χ1v) is 8.26. The number of hydrogen-bond acceptors (Lipinski definition) is 3. The molecule has 0 atom stereocenters. The van der Waals surface area contributed by atoms with E-state index in [2.05, 4.69) is 42.3 Å². The van der Waals surface area contributed by atoms with Crippen LogP contribution >= 0.6 is 0 Å². The number of piperidine rings is 1. The Kier molecular flexibility index (Phi) is 6.52. The first-order valence-electron chi connectivity index (χ1n) is 8.26. The maximum atomic E-state index is 5.96. The van der Waals surface area contributed by atoms with Crippen LogP contribution in [0.3, 0.4) is 0 Å². The highest BCUT2D eigenvalue weighted by molar-refractivity contribution is 5.35. The van der Waals surface area contributed by atoms with Crippen molar-refractivity contribution in [2.75, 3.05) is 39.8 Å². The summed E-state index contributed by atoms with van der Waals surface area (Å²) in [7, 11) is 2.04. The van der Waals surface area contributed by atoms with Gasteiger partial charge in [-0.1, -0.05) is 12.1 Å². The van der Waals surface area contributed by atoms with Crippen molar-refractivity contribution in [3.63, 3.8) is 0 Å². The zero-order chi connectivity index (χ0) is 15.1. The molecule has 0 aliphatic carbocycles. The SMILES string of the molecule is CNCCC1CCN(CCOc2cc(C)ccc2C)CC1. The Morgan fingerprint density at radius 1 is 1.24 bits per heavy atom. The van der Waals surface area contributed by atoms with Crippen molar-refractivity contribution in [3.8, 4) is 5.75 Å². The normalized spacial score (nSPS) is 17.1. The standard InChI is InChI=1S/C18H30N2O/c1-15-4-5-16(2)18(14-15)21-13-12-20-10-7-17(8-11-20)6-9-19-3/h4-5,14,17,19H,6-13H2,1-3H3. The Morgan fingerprint density at radius 3 is 2.71 bits per heavy atom. The molecule has 21 heavy (non-hydrogen) atoms. The van der Waals surface area contributed by atoms with Crippen molar-refractivity contribution >= 4 is 0 Å². The fraction of sp³-hybridized carbons (Fsp3) is 0.667. The van der Waals surface area contributed by atoms with Gasteiger partial charge in [-0.3, -0.25) is 4.90 Å². The molecule has 0 aromatic heterocycles. The Balaban J connectivity index is 1.67. The molecule has 1 N–H and O–H groups in total. The van der Waals surface area contributed by atoms with E-state index in [0.717, 1.165) is 31.4 Å². The van der Waals surface area contributed by atoms with Crippen LogP contribution < -0.4 is 10.1 Å². The van der Waals surface area contributed by atoms with E-state index in [1.54, 1.807) is 0 Å². The summed E-state index contributed by atoms with van der Waals surface area (Å²) < 4.78 is 5.96. The van der Waals surface area contributed by atoms with E-state index in [1.165, 1.54) is 43.5 Å². The molecule has 3 heteroatoms. The Hall–Kier alpha value is -1.06. The summed E-state index contributed by atoms with van der Waals surface area (Å²) in [6.45, 7) is 9.68. The van der Waals surface area contributed by atoms with Gasteiger partial charge in [-0.15, -0.1) is 0 Å². The van der Waals surface area contributed by atoms with Crippen molar-refractivity contribution in [2.45, 2.75) is 33.1 Å². The first kappa shape index (κ1) is 16.3. The van der Waals surface area contributed by atoms with Gasteiger partial charge in [-0.2, -0.15) is 0 Å². The quantitative estimate of drug-likeness (QED) is 0.835. The molecule has 1 aliphatic rings. The molecule has 1 heterocycles. The van der Waals surface area contributed by atoms with Crippen LogP contribution in [0.25, 0.3) is 0 Å². The second-order valence-corrected chi connectivity index (χ2v) is 6.29. The van der Waals surface area contributed by atoms with E-state index in [1.807, 2.05) is 7.05 Å². The van der Waals surface area contributed by atoms with Crippen LogP contribution in [0.15, 0.2) is 18.2 Å². The number of ether oxygens (including phenoxy) is 1. The maximum absolute atomic E-state index is 5.96. The molecular formula is C18H30N2O. The van der Waals surface area contributed by atoms with Crippen molar-refractivity contribution < 1.29 is 4.74 Å². The molecule has 0 bridgehead atoms. The molecule has 0 amide bonds. The summed E-state index contributed by atoms with van der Waals surface area (Å²) >= 11 is 0. The second kappa shape index (κ2) is 8.40. The fourth-order valence-corrected chi connectivity index (χ4v) is 2.99. The number of benzene rings is 1. The molecule has 0 saturated carbocycles. The number of hydrogen-bond donors (Lipinski definition) is 1. The number of nitrogens with zero attached hydrogens (tertiary/aromatic N) is 1. The third kappa shape index (κ3) is 5.33. The lowest BCUT2D eigenvalue weighted by atomic mass is 9.93. The van der Waals surface area contributed by atoms with Crippen molar-refractivity contribution in [2.24, 2.45) is 5.92 Å². The second-order valence-electron chi connectivity index (χ2n) is 6.29. The summed E-state index contributed by atoms with van der Waals surface area (Å²) in [6.07, 6.45) is 4.00. The molecule has 2 rings (SSSR count). The van der Waals surface area contributed by atoms with Gasteiger partial charge in [0.2, 0.25) is 0 Å². The van der Waals surface area contributed by atoms with E-state index < -0.39 is 0 Å². The number of likely N-dealkylation sites (tertiary alicyclic amines) is 1. The molecule has 0 radical (unpaired) electrons. The van der Waals surface area contributed by atoms with Gasteiger partial charge in [0.1, 0.15) is 12.4 Å². The topological polar surface area (TPSA) is 24.5 Å². The van der Waals surface area contributed by atoms with Gasteiger partial charge in [0.05, 0.1) is 0 Å². The van der Waals surface area contributed by atoms with E-state index in [9.17, 15) is 0 Å². The molecule has 1 aromatic carbocycles. The summed E-state index contributed by atoms with van der Waals surface area (Å²) in [5.74, 6) is 1.95. The predicted molar refractivity (Wildman–Crippen MR) is 89.1 cm³/mol. The minimum Gasteiger partial charge on any atom is -0.492 e. The van der Waals surface area contributed by atoms with E-state index in [0.29, 0.717) is 0 Å². The van der Waals surface area contributed by atoms with Crippen molar-refractivity contribution in [3.05, 3.63) is 29.3 Å². The smallest absolute Gasteiger partial charge is 0.122 e. The van der Waals surface area contributed by atoms with E-state index in [4.69, 9.17) is 4.74 Å². The Labute approximate surface area is 129 Å². The maximum Gasteiger partial charge on any atom is 0.122 e. The molecule has 1 fully saturated rings. The van der Waals surface area contributed by atoms with Crippen LogP contribution in [0, 0.1) is 19.8 Å². The molecule has 118 valence electrons. The average molecular weight is 290 g/mol. The van der Waals surface area contributed by atoms with Crippen LogP contribution in [-0.2, 0) is 0 Å². The summed E-state index contributed by atoms with van der Waals surface area (Å²) in [4.78, 5) is 2.54. The fourth-order valence-electron chi connectivity index (χ4n) is 2.99. The van der Waals surface area contributed by atoms with Gasteiger partial charge in [-0.25, -0.2) is 0 Å². The number of rotatable bonds is 7. The van der Waals surface area contributed by atoms with Gasteiger partial charge in [0.15, 0.2) is 0 Å². The molecule has 3 nitrogen and oxygen atoms in total. The summed E-state index contributed by atoms with van der Waals surface area (Å²) in [5.41, 5.74) is 2.49. The Bertz CT molecular complexity index is 425. The van der Waals surface area contributed by atoms with Gasteiger partial charge in [0.25, 0.3) is 0 Å². The minimum absolute atomic E-state index is 0.797. The highest BCUT2D eigenvalue weighted by atomic mass is 16.5. The van der Waals surface area contributed by atoms with Crippen LogP contribution in [0.4, 0.5) is 0 Å². The summed E-state index contributed by atoms with van der Waals surface area (Å²) in [6, 6.07) is 6.41. The van der Waals surface area contributed by atoms with E-state index >= 15 is 0 Å². The lowest BCUT2D eigenvalue weighted by molar-refractivity contribution is 0.151. The van der Waals surface area contributed by atoms with Crippen molar-refractivity contribution in [1.29, 1.82) is 0 Å². The number of aryl methyl sites for hydroxylation is 2. The molecule has 0 spiro atoms. The molecule has 0 unspecified atom stereocenters. The monoisotopic (exact) mass is 290 g/mol. The third-order valence-electron chi connectivity index (χ3n) is 4.52. The highest BCUT2D eigenvalue weighted by Crippen LogP contribution is 2.21. The lowest BCUT2D eigenvalue weighted by Crippen LogP contribution is -2.37. The number of nitrogens with one attached hydrogen (secondary N) is 1. The molecule has 1 saturated heterocycles. The first-order chi connectivity index (χ1) is 10.2. The third-order valence-corrected chi connectivity index (χ3v) is 4.52. The summed E-state index contributed by atoms with van der Waals surface area (Å²) in [5, 5.41) is 3.25. The van der Waals surface area contributed by atoms with Crippen LogP contribution in [0.1, 0.15) is 30.4 Å². The van der Waals surface area contributed by atoms with Crippen molar-refractivity contribution in [1.82, 2.24) is 10.2 Å². The zero-order valence-electron chi connectivity index (χ0n) is 13.8. The molecule has 1 aromatic rings. The molecular weight excluding hydrogens is 260 g/mol. The molecule has 1 aliphatic heterocycles. The van der Waals surface area contributed by atoms with Crippen LogP contribution in [-0.4, -0.2) is 44.7 Å². The van der Waals surface area contributed by atoms with Gasteiger partial charge in [-0.05, 0) is 82.9 Å². The zero-order valence-corrected chi connectivity index (χ0v) is 13.8. The van der Waals surface area contributed by atoms with E-state index in [-0.39, 0.29) is 0 Å². The van der Waals surface area contributed by atoms with Crippen LogP contribution in [0.2, 0.25) is 0 Å². The average Bonchev–Trinajstić information content (AvgIpc) is 2.50. The largest absolute Gasteiger partial charge is 0.492 e. The Morgan fingerprint density at radius 2 is 2.00 bits per heavy atom. The van der Waals surface area contributed by atoms with Gasteiger partial charge in [0, 0.05) is 6.54 Å². The predicted octanol–water partition coefficient (Wildman–Crippen LogP) is 3.00.